The summed E-state index contributed by atoms with van der Waals surface area (Å²) in [7, 11) is 0. The number of nitrogens with one attached hydrogen (secondary N) is 1. The Hall–Kier alpha value is -3.81. The van der Waals surface area contributed by atoms with Gasteiger partial charge in [0.2, 0.25) is 0 Å². The van der Waals surface area contributed by atoms with E-state index < -0.39 is 0 Å². The Bertz CT molecular complexity index is 1230. The van der Waals surface area contributed by atoms with Crippen LogP contribution in [0.4, 0.5) is 11.4 Å². The lowest BCUT2D eigenvalue weighted by Crippen LogP contribution is -2.29. The van der Waals surface area contributed by atoms with Crippen molar-refractivity contribution in [2.75, 3.05) is 23.3 Å². The second kappa shape index (κ2) is 8.14. The molecule has 0 saturated carbocycles. The van der Waals surface area contributed by atoms with E-state index in [1.165, 1.54) is 31.3 Å². The quantitative estimate of drug-likeness (QED) is 0.548. The third kappa shape index (κ3) is 3.72. The highest BCUT2D eigenvalue weighted by Crippen LogP contribution is 2.33. The summed E-state index contributed by atoms with van der Waals surface area (Å²) in [6, 6.07) is 11.6. The highest BCUT2D eigenvalue weighted by molar-refractivity contribution is 6.11. The van der Waals surface area contributed by atoms with Crippen molar-refractivity contribution in [3.05, 3.63) is 66.2 Å². The molecule has 31 heavy (non-hydrogen) atoms. The number of anilines is 2. The summed E-state index contributed by atoms with van der Waals surface area (Å²) < 4.78 is 1.58. The number of carbonyl (C=O) groups excluding carboxylic acids is 1. The fraction of sp³-hybridized carbons (Fsp3) is 0.261. The lowest BCUT2D eigenvalue weighted by atomic mass is 10.0. The maximum absolute atomic E-state index is 13.0. The van der Waals surface area contributed by atoms with E-state index in [1.807, 2.05) is 43.6 Å². The number of benzene rings is 2. The predicted octanol–water partition coefficient (Wildman–Crippen LogP) is 3.76. The first-order chi connectivity index (χ1) is 15.2. The van der Waals surface area contributed by atoms with Crippen LogP contribution in [0.5, 0.6) is 0 Å². The molecule has 8 nitrogen and oxygen atoms in total. The highest BCUT2D eigenvalue weighted by Gasteiger charge is 2.17. The van der Waals surface area contributed by atoms with Gasteiger partial charge >= 0.3 is 0 Å². The minimum atomic E-state index is -0.165. The van der Waals surface area contributed by atoms with Crippen molar-refractivity contribution in [2.45, 2.75) is 26.2 Å². The van der Waals surface area contributed by atoms with E-state index in [2.05, 4.69) is 36.8 Å². The molecule has 1 aliphatic heterocycles. The number of rotatable bonds is 4. The second-order valence-corrected chi connectivity index (χ2v) is 7.81. The normalized spacial score (nSPS) is 14.0. The Morgan fingerprint density at radius 1 is 1.00 bits per heavy atom. The van der Waals surface area contributed by atoms with Crippen LogP contribution in [0.15, 0.2) is 55.1 Å². The number of fused-ring (bicyclic) bond motifs is 1. The van der Waals surface area contributed by atoms with Gasteiger partial charge in [0.05, 0.1) is 11.4 Å². The third-order valence-electron chi connectivity index (χ3n) is 5.79. The third-order valence-corrected chi connectivity index (χ3v) is 5.79. The Labute approximate surface area is 179 Å². The first-order valence-corrected chi connectivity index (χ1v) is 10.5. The first kappa shape index (κ1) is 19.2. The van der Waals surface area contributed by atoms with Crippen molar-refractivity contribution in [1.82, 2.24) is 25.2 Å². The molecule has 1 N–H and O–H groups in total. The minimum absolute atomic E-state index is 0.165. The van der Waals surface area contributed by atoms with Gasteiger partial charge in [0, 0.05) is 47.5 Å². The van der Waals surface area contributed by atoms with E-state index in [-0.39, 0.29) is 5.91 Å². The number of amides is 1. The van der Waals surface area contributed by atoms with E-state index in [9.17, 15) is 4.79 Å². The van der Waals surface area contributed by atoms with Crippen LogP contribution in [0.1, 0.15) is 35.2 Å². The van der Waals surface area contributed by atoms with Crippen LogP contribution in [0.3, 0.4) is 0 Å². The molecule has 0 unspecified atom stereocenters. The molecule has 1 saturated heterocycles. The predicted molar refractivity (Wildman–Crippen MR) is 120 cm³/mol. The minimum Gasteiger partial charge on any atom is -0.371 e. The van der Waals surface area contributed by atoms with Gasteiger partial charge in [-0.1, -0.05) is 0 Å². The van der Waals surface area contributed by atoms with Crippen LogP contribution >= 0.6 is 0 Å². The summed E-state index contributed by atoms with van der Waals surface area (Å²) in [5.74, 6) is -0.165. The van der Waals surface area contributed by atoms with E-state index in [1.54, 1.807) is 10.7 Å². The van der Waals surface area contributed by atoms with Crippen LogP contribution in [-0.4, -0.2) is 44.2 Å². The number of nitrogens with zero attached hydrogens (tertiary/aromatic N) is 6. The van der Waals surface area contributed by atoms with Crippen LogP contribution in [0.2, 0.25) is 0 Å². The number of hydrogen-bond acceptors (Lipinski definition) is 6. The maximum Gasteiger partial charge on any atom is 0.255 e. The van der Waals surface area contributed by atoms with Gasteiger partial charge in [-0.2, -0.15) is 0 Å². The average Bonchev–Trinajstić information content (AvgIpc) is 3.34. The molecule has 5 rings (SSSR count). The number of aryl methyl sites for hydroxylation is 1. The molecule has 2 aromatic carbocycles. The van der Waals surface area contributed by atoms with E-state index >= 15 is 0 Å². The lowest BCUT2D eigenvalue weighted by Gasteiger charge is -2.30. The van der Waals surface area contributed by atoms with E-state index in [4.69, 9.17) is 0 Å². The van der Waals surface area contributed by atoms with Crippen LogP contribution in [-0.2, 0) is 0 Å². The summed E-state index contributed by atoms with van der Waals surface area (Å²) in [4.78, 5) is 19.7. The number of carbonyl (C=O) groups is 1. The Morgan fingerprint density at radius 2 is 1.84 bits per heavy atom. The molecule has 1 fully saturated rings. The Kier molecular flexibility index (Phi) is 5.03. The van der Waals surface area contributed by atoms with Crippen molar-refractivity contribution in [1.29, 1.82) is 0 Å². The molecule has 1 amide bonds. The fourth-order valence-corrected chi connectivity index (χ4v) is 4.21. The molecule has 4 aromatic rings. The zero-order chi connectivity index (χ0) is 21.2. The van der Waals surface area contributed by atoms with Crippen LogP contribution in [0, 0.1) is 6.92 Å². The number of aromatic nitrogens is 5. The van der Waals surface area contributed by atoms with Crippen molar-refractivity contribution in [3.8, 4) is 5.69 Å². The average molecular weight is 413 g/mol. The van der Waals surface area contributed by atoms with Gasteiger partial charge in [0.25, 0.3) is 5.91 Å². The number of hydrogen-bond donors (Lipinski definition) is 1. The monoisotopic (exact) mass is 413 g/mol. The summed E-state index contributed by atoms with van der Waals surface area (Å²) >= 11 is 0. The highest BCUT2D eigenvalue weighted by atomic mass is 16.1. The van der Waals surface area contributed by atoms with Crippen molar-refractivity contribution < 1.29 is 4.79 Å². The zero-order valence-corrected chi connectivity index (χ0v) is 17.3. The molecule has 0 bridgehead atoms. The molecule has 0 radical (unpaired) electrons. The molecule has 0 atom stereocenters. The van der Waals surface area contributed by atoms with Gasteiger partial charge < -0.3 is 10.2 Å². The number of pyridine rings is 1. The van der Waals surface area contributed by atoms with Gasteiger partial charge in [-0.05, 0) is 78.6 Å². The number of piperidine rings is 1. The van der Waals surface area contributed by atoms with E-state index in [0.717, 1.165) is 40.8 Å². The Balaban J connectivity index is 1.44. The number of tetrazole rings is 1. The van der Waals surface area contributed by atoms with Crippen LogP contribution < -0.4 is 10.2 Å². The summed E-state index contributed by atoms with van der Waals surface area (Å²) in [6.45, 7) is 4.06. The molecule has 0 aliphatic carbocycles. The largest absolute Gasteiger partial charge is 0.371 e. The molecule has 3 heterocycles. The Morgan fingerprint density at radius 3 is 2.61 bits per heavy atom. The standard InChI is InChI=1S/C23H23N7O/c1-16-13-17(5-7-21(16)30-15-25-27-28-30)23(31)26-20-6-8-22(29-11-3-2-4-12-29)18-9-10-24-14-19(18)20/h5-10,13-15H,2-4,11-12H2,1H3,(H,26,31). The molecular formula is C23H23N7O. The SMILES string of the molecule is Cc1cc(C(=O)Nc2ccc(N3CCCCC3)c3ccncc23)ccc1-n1cnnn1. The van der Waals surface area contributed by atoms with E-state index in [0.29, 0.717) is 5.56 Å². The molecule has 1 aliphatic rings. The summed E-state index contributed by atoms with van der Waals surface area (Å²) in [5, 5.41) is 16.4. The molecule has 2 aromatic heterocycles. The zero-order valence-electron chi connectivity index (χ0n) is 17.3. The van der Waals surface area contributed by atoms with Crippen molar-refractivity contribution in [2.24, 2.45) is 0 Å². The summed E-state index contributed by atoms with van der Waals surface area (Å²) in [6.07, 6.45) is 8.88. The summed E-state index contributed by atoms with van der Waals surface area (Å²) in [5.41, 5.74) is 4.29. The first-order valence-electron chi connectivity index (χ1n) is 10.5. The fourth-order valence-electron chi connectivity index (χ4n) is 4.21. The van der Waals surface area contributed by atoms with Gasteiger partial charge in [0.15, 0.2) is 0 Å². The maximum atomic E-state index is 13.0. The lowest BCUT2D eigenvalue weighted by molar-refractivity contribution is 0.102. The topological polar surface area (TPSA) is 88.8 Å². The molecule has 0 spiro atoms. The second-order valence-electron chi connectivity index (χ2n) is 7.81. The molecule has 8 heteroatoms. The van der Waals surface area contributed by atoms with Crippen molar-refractivity contribution >= 4 is 28.1 Å². The van der Waals surface area contributed by atoms with Crippen molar-refractivity contribution in [3.63, 3.8) is 0 Å². The van der Waals surface area contributed by atoms with Gasteiger partial charge in [0.1, 0.15) is 6.33 Å². The van der Waals surface area contributed by atoms with Gasteiger partial charge in [-0.15, -0.1) is 5.10 Å². The van der Waals surface area contributed by atoms with Crippen LogP contribution in [0.25, 0.3) is 16.5 Å². The van der Waals surface area contributed by atoms with Gasteiger partial charge in [-0.3, -0.25) is 9.78 Å². The molecule has 156 valence electrons. The smallest absolute Gasteiger partial charge is 0.255 e. The van der Waals surface area contributed by atoms with Gasteiger partial charge in [-0.25, -0.2) is 4.68 Å². The molecular weight excluding hydrogens is 390 g/mol.